The van der Waals surface area contributed by atoms with Crippen molar-refractivity contribution in [2.75, 3.05) is 0 Å². The first-order valence-corrected chi connectivity index (χ1v) is 8.04. The lowest BCUT2D eigenvalue weighted by Gasteiger charge is -2.19. The summed E-state index contributed by atoms with van der Waals surface area (Å²) in [6, 6.07) is 6.11. The molecule has 0 fully saturated rings. The Morgan fingerprint density at radius 3 is 2.71 bits per heavy atom. The zero-order chi connectivity index (χ0) is 15.5. The molecule has 0 radical (unpaired) electrons. The summed E-state index contributed by atoms with van der Waals surface area (Å²) < 4.78 is 5.89. The van der Waals surface area contributed by atoms with Crippen LogP contribution in [0.2, 0.25) is 0 Å². The van der Waals surface area contributed by atoms with Gasteiger partial charge in [-0.3, -0.25) is 4.98 Å². The summed E-state index contributed by atoms with van der Waals surface area (Å²) >= 11 is 1.84. The highest BCUT2D eigenvalue weighted by Crippen LogP contribution is 2.24. The number of nitrogens with zero attached hydrogens (tertiary/aromatic N) is 1. The molecule has 0 spiro atoms. The first-order valence-electron chi connectivity index (χ1n) is 7.23. The van der Waals surface area contributed by atoms with Gasteiger partial charge in [0.05, 0.1) is 5.69 Å². The minimum atomic E-state index is 0.140. The van der Waals surface area contributed by atoms with Gasteiger partial charge in [-0.15, -0.1) is 11.3 Å². The molecule has 2 aromatic rings. The highest BCUT2D eigenvalue weighted by atomic mass is 32.1. The number of aryl methyl sites for hydroxylation is 2. The second-order valence-corrected chi connectivity index (χ2v) is 7.61. The van der Waals surface area contributed by atoms with Gasteiger partial charge in [-0.05, 0) is 52.8 Å². The summed E-state index contributed by atoms with van der Waals surface area (Å²) in [6.07, 6.45) is 1.79. The molecule has 0 unspecified atom stereocenters. The Labute approximate surface area is 131 Å². The summed E-state index contributed by atoms with van der Waals surface area (Å²) in [7, 11) is 0. The fourth-order valence-electron chi connectivity index (χ4n) is 1.95. The highest BCUT2D eigenvalue weighted by molar-refractivity contribution is 7.12. The average Bonchev–Trinajstić information content (AvgIpc) is 2.75. The monoisotopic (exact) mass is 304 g/mol. The van der Waals surface area contributed by atoms with Gasteiger partial charge in [0.15, 0.2) is 0 Å². The van der Waals surface area contributed by atoms with Gasteiger partial charge in [-0.2, -0.15) is 0 Å². The molecular weight excluding hydrogens is 280 g/mol. The quantitative estimate of drug-likeness (QED) is 0.897. The van der Waals surface area contributed by atoms with Gasteiger partial charge in [0.2, 0.25) is 0 Å². The van der Waals surface area contributed by atoms with Crippen molar-refractivity contribution in [2.24, 2.45) is 0 Å². The summed E-state index contributed by atoms with van der Waals surface area (Å²) in [5, 5.41) is 3.52. The van der Waals surface area contributed by atoms with Crippen LogP contribution < -0.4 is 10.1 Å². The van der Waals surface area contributed by atoms with Gasteiger partial charge >= 0.3 is 0 Å². The molecule has 0 bridgehead atoms. The molecule has 0 aromatic carbocycles. The van der Waals surface area contributed by atoms with Gasteiger partial charge in [0.1, 0.15) is 12.4 Å². The Hall–Kier alpha value is -1.39. The van der Waals surface area contributed by atoms with E-state index < -0.39 is 0 Å². The molecule has 2 aromatic heterocycles. The van der Waals surface area contributed by atoms with E-state index in [1.807, 2.05) is 30.4 Å². The molecule has 0 amide bonds. The molecule has 0 aliphatic heterocycles. The number of pyridine rings is 1. The molecule has 0 aliphatic carbocycles. The van der Waals surface area contributed by atoms with Crippen LogP contribution >= 0.6 is 11.3 Å². The largest absolute Gasteiger partial charge is 0.487 e. The van der Waals surface area contributed by atoms with Crippen LogP contribution in [0.4, 0.5) is 0 Å². The van der Waals surface area contributed by atoms with Crippen LogP contribution in [0.5, 0.6) is 5.75 Å². The zero-order valence-electron chi connectivity index (χ0n) is 13.5. The van der Waals surface area contributed by atoms with E-state index >= 15 is 0 Å². The number of ether oxygens (including phenoxy) is 1. The second kappa shape index (κ2) is 6.58. The van der Waals surface area contributed by atoms with Gasteiger partial charge in [0, 0.05) is 33.6 Å². The van der Waals surface area contributed by atoms with E-state index in [2.05, 4.69) is 44.1 Å². The Morgan fingerprint density at radius 2 is 2.05 bits per heavy atom. The van der Waals surface area contributed by atoms with Crippen LogP contribution in [0.15, 0.2) is 24.4 Å². The maximum absolute atomic E-state index is 5.89. The summed E-state index contributed by atoms with van der Waals surface area (Å²) in [5.74, 6) is 0.859. The van der Waals surface area contributed by atoms with Crippen molar-refractivity contribution < 1.29 is 4.74 Å². The first kappa shape index (κ1) is 16.0. The van der Waals surface area contributed by atoms with Crippen molar-refractivity contribution in [3.05, 3.63) is 45.4 Å². The van der Waals surface area contributed by atoms with Crippen LogP contribution in [-0.4, -0.2) is 10.5 Å². The first-order chi connectivity index (χ1) is 9.85. The molecule has 0 saturated carbocycles. The number of hydrogen-bond donors (Lipinski definition) is 1. The molecule has 2 rings (SSSR count). The van der Waals surface area contributed by atoms with Crippen LogP contribution in [-0.2, 0) is 13.2 Å². The fraction of sp³-hybridized carbons (Fsp3) is 0.471. The highest BCUT2D eigenvalue weighted by Gasteiger charge is 2.11. The van der Waals surface area contributed by atoms with Gasteiger partial charge < -0.3 is 10.1 Å². The molecular formula is C17H24N2OS. The third kappa shape index (κ3) is 4.83. The molecule has 2 heterocycles. The average molecular weight is 304 g/mol. The maximum Gasteiger partial charge on any atom is 0.141 e. The van der Waals surface area contributed by atoms with Crippen LogP contribution in [0, 0.1) is 13.8 Å². The van der Waals surface area contributed by atoms with Crippen LogP contribution in [0.25, 0.3) is 0 Å². The molecule has 3 nitrogen and oxygen atoms in total. The van der Waals surface area contributed by atoms with Crippen molar-refractivity contribution >= 4 is 11.3 Å². The van der Waals surface area contributed by atoms with E-state index in [0.29, 0.717) is 6.61 Å². The Kier molecular flexibility index (Phi) is 5.01. The standard InChI is InChI=1S/C17H24N2OS/c1-12-16(7-6-8-18-12)20-11-14-9-15(21-13(14)2)10-19-17(3,4)5/h6-9,19H,10-11H2,1-5H3. The molecule has 0 saturated heterocycles. The zero-order valence-corrected chi connectivity index (χ0v) is 14.3. The number of hydrogen-bond acceptors (Lipinski definition) is 4. The van der Waals surface area contributed by atoms with E-state index in [-0.39, 0.29) is 5.54 Å². The van der Waals surface area contributed by atoms with Crippen molar-refractivity contribution in [1.82, 2.24) is 10.3 Å². The lowest BCUT2D eigenvalue weighted by atomic mass is 10.1. The van der Waals surface area contributed by atoms with E-state index in [1.165, 1.54) is 15.3 Å². The van der Waals surface area contributed by atoms with Crippen molar-refractivity contribution in [3.8, 4) is 5.75 Å². The predicted octanol–water partition coefficient (Wildman–Crippen LogP) is 4.23. The van der Waals surface area contributed by atoms with Crippen molar-refractivity contribution in [3.63, 3.8) is 0 Å². The predicted molar refractivity (Wildman–Crippen MR) is 89.0 cm³/mol. The third-order valence-corrected chi connectivity index (χ3v) is 4.30. The molecule has 4 heteroatoms. The number of nitrogens with one attached hydrogen (secondary N) is 1. The number of thiophene rings is 1. The molecule has 0 atom stereocenters. The third-order valence-electron chi connectivity index (χ3n) is 3.21. The lowest BCUT2D eigenvalue weighted by Crippen LogP contribution is -2.34. The summed E-state index contributed by atoms with van der Waals surface area (Å²) in [5.41, 5.74) is 2.33. The normalized spacial score (nSPS) is 11.7. The van der Waals surface area contributed by atoms with Crippen molar-refractivity contribution in [1.29, 1.82) is 0 Å². The Morgan fingerprint density at radius 1 is 1.29 bits per heavy atom. The van der Waals surface area contributed by atoms with Crippen LogP contribution in [0.1, 0.15) is 41.8 Å². The number of aromatic nitrogens is 1. The Bertz CT molecular complexity index is 599. The summed E-state index contributed by atoms with van der Waals surface area (Å²) in [6.45, 7) is 12.2. The fourth-order valence-corrected chi connectivity index (χ4v) is 2.94. The van der Waals surface area contributed by atoms with Gasteiger partial charge in [-0.1, -0.05) is 0 Å². The van der Waals surface area contributed by atoms with E-state index in [4.69, 9.17) is 4.74 Å². The van der Waals surface area contributed by atoms with Crippen molar-refractivity contribution in [2.45, 2.75) is 53.3 Å². The smallest absolute Gasteiger partial charge is 0.141 e. The summed E-state index contributed by atoms with van der Waals surface area (Å²) in [4.78, 5) is 6.92. The van der Waals surface area contributed by atoms with E-state index in [1.54, 1.807) is 6.20 Å². The molecule has 114 valence electrons. The SMILES string of the molecule is Cc1ncccc1OCc1cc(CNC(C)(C)C)sc1C. The topological polar surface area (TPSA) is 34.1 Å². The van der Waals surface area contributed by atoms with Gasteiger partial charge in [-0.25, -0.2) is 0 Å². The van der Waals surface area contributed by atoms with Gasteiger partial charge in [0.25, 0.3) is 0 Å². The molecule has 21 heavy (non-hydrogen) atoms. The van der Waals surface area contributed by atoms with E-state index in [0.717, 1.165) is 18.0 Å². The second-order valence-electron chi connectivity index (χ2n) is 6.27. The minimum Gasteiger partial charge on any atom is -0.487 e. The maximum atomic E-state index is 5.89. The number of rotatable bonds is 5. The van der Waals surface area contributed by atoms with E-state index in [9.17, 15) is 0 Å². The molecule has 0 aliphatic rings. The minimum absolute atomic E-state index is 0.140. The molecule has 1 N–H and O–H groups in total. The Balaban J connectivity index is 1.98. The lowest BCUT2D eigenvalue weighted by molar-refractivity contribution is 0.302. The van der Waals surface area contributed by atoms with Crippen LogP contribution in [0.3, 0.4) is 0 Å².